The summed E-state index contributed by atoms with van der Waals surface area (Å²) in [6.07, 6.45) is 3.33. The Morgan fingerprint density at radius 2 is 2.21 bits per heavy atom. The maximum Gasteiger partial charge on any atom is 0.234 e. The van der Waals surface area contributed by atoms with Gasteiger partial charge in [0.1, 0.15) is 6.42 Å². The number of nitriles is 2. The number of amides is 1. The number of aromatic nitrogens is 2. The number of aliphatic imine (C=N–C) groups is 1. The minimum atomic E-state index is -0.323. The SMILES string of the molecule is Cc1[nH]cnc1CSCCN=C(NC#N)NCCNC(=O)CC#N. The first-order valence-electron chi connectivity index (χ1n) is 7.31. The Hall–Kier alpha value is -2.72. The van der Waals surface area contributed by atoms with Crippen molar-refractivity contribution in [1.29, 1.82) is 10.5 Å². The van der Waals surface area contributed by atoms with Gasteiger partial charge in [-0.2, -0.15) is 22.3 Å². The first kappa shape index (κ1) is 19.3. The number of hydrogen-bond acceptors (Lipinski definition) is 6. The zero-order valence-electron chi connectivity index (χ0n) is 13.4. The van der Waals surface area contributed by atoms with Crippen LogP contribution in [0.2, 0.25) is 0 Å². The second kappa shape index (κ2) is 11.8. The third kappa shape index (κ3) is 8.06. The third-order valence-electron chi connectivity index (χ3n) is 2.83. The van der Waals surface area contributed by atoms with Gasteiger partial charge in [-0.15, -0.1) is 0 Å². The molecule has 0 aliphatic heterocycles. The summed E-state index contributed by atoms with van der Waals surface area (Å²) in [5, 5.41) is 25.0. The molecule has 0 spiro atoms. The van der Waals surface area contributed by atoms with E-state index in [2.05, 4.69) is 30.9 Å². The molecule has 1 aromatic heterocycles. The molecule has 0 aliphatic rings. The number of guanidine groups is 1. The molecule has 1 heterocycles. The highest BCUT2D eigenvalue weighted by Crippen LogP contribution is 2.11. The molecule has 0 bridgehead atoms. The standard InChI is InChI=1S/C14H20N8OS/c1-11-12(22-10-21-11)8-24-7-6-19-14(20-9-16)18-5-4-17-13(23)2-3-15/h10H,2,4-8H2,1H3,(H,17,23)(H,21,22)(H2,18,19,20). The number of imidazole rings is 1. The summed E-state index contributed by atoms with van der Waals surface area (Å²) >= 11 is 1.71. The molecule has 1 amide bonds. The maximum atomic E-state index is 11.1. The summed E-state index contributed by atoms with van der Waals surface area (Å²) in [5.41, 5.74) is 2.10. The first-order valence-corrected chi connectivity index (χ1v) is 8.46. The van der Waals surface area contributed by atoms with Crippen LogP contribution in [-0.4, -0.2) is 47.2 Å². The molecular weight excluding hydrogens is 328 g/mol. The van der Waals surface area contributed by atoms with E-state index < -0.39 is 0 Å². The minimum absolute atomic E-state index is 0.163. The largest absolute Gasteiger partial charge is 0.354 e. The smallest absolute Gasteiger partial charge is 0.234 e. The van der Waals surface area contributed by atoms with Crippen LogP contribution in [0.5, 0.6) is 0 Å². The van der Waals surface area contributed by atoms with Crippen molar-refractivity contribution in [1.82, 2.24) is 25.9 Å². The Bertz CT molecular complexity index is 627. The number of thioether (sulfide) groups is 1. The van der Waals surface area contributed by atoms with E-state index in [4.69, 9.17) is 10.5 Å². The van der Waals surface area contributed by atoms with Crippen LogP contribution in [-0.2, 0) is 10.5 Å². The van der Waals surface area contributed by atoms with E-state index in [1.807, 2.05) is 13.1 Å². The van der Waals surface area contributed by atoms with Crippen molar-refractivity contribution in [2.75, 3.05) is 25.4 Å². The molecule has 10 heteroatoms. The number of H-pyrrole nitrogens is 1. The number of nitrogens with one attached hydrogen (secondary N) is 4. The second-order valence-electron chi connectivity index (χ2n) is 4.61. The lowest BCUT2D eigenvalue weighted by molar-refractivity contribution is -0.120. The molecule has 0 saturated heterocycles. The van der Waals surface area contributed by atoms with Crippen molar-refractivity contribution in [2.45, 2.75) is 19.1 Å². The van der Waals surface area contributed by atoms with Crippen LogP contribution < -0.4 is 16.0 Å². The Kier molecular flexibility index (Phi) is 9.50. The van der Waals surface area contributed by atoms with Gasteiger partial charge in [0.2, 0.25) is 11.9 Å². The van der Waals surface area contributed by atoms with Crippen molar-refractivity contribution in [3.63, 3.8) is 0 Å². The summed E-state index contributed by atoms with van der Waals surface area (Å²) in [7, 11) is 0. The number of carbonyl (C=O) groups is 1. The fourth-order valence-electron chi connectivity index (χ4n) is 1.63. The van der Waals surface area contributed by atoms with E-state index in [1.165, 1.54) is 0 Å². The second-order valence-corrected chi connectivity index (χ2v) is 5.71. The molecular formula is C14H20N8OS. The molecule has 0 unspecified atom stereocenters. The number of carbonyl (C=O) groups excluding carboxylic acids is 1. The van der Waals surface area contributed by atoms with Crippen LogP contribution in [0.25, 0.3) is 0 Å². The Labute approximate surface area is 144 Å². The molecule has 0 aliphatic carbocycles. The van der Waals surface area contributed by atoms with Crippen molar-refractivity contribution < 1.29 is 4.79 Å². The fraction of sp³-hybridized carbons (Fsp3) is 0.500. The molecule has 9 nitrogen and oxygen atoms in total. The number of hydrogen-bond donors (Lipinski definition) is 4. The average Bonchev–Trinajstić information content (AvgIpc) is 2.96. The van der Waals surface area contributed by atoms with Gasteiger partial charge in [-0.3, -0.25) is 15.1 Å². The minimum Gasteiger partial charge on any atom is -0.354 e. The Balaban J connectivity index is 2.22. The van der Waals surface area contributed by atoms with E-state index in [1.54, 1.807) is 24.2 Å². The van der Waals surface area contributed by atoms with Crippen molar-refractivity contribution in [3.8, 4) is 12.3 Å². The number of aromatic amines is 1. The van der Waals surface area contributed by atoms with Gasteiger partial charge in [-0.25, -0.2) is 4.98 Å². The number of rotatable bonds is 9. The molecule has 0 fully saturated rings. The van der Waals surface area contributed by atoms with E-state index in [-0.39, 0.29) is 12.3 Å². The highest BCUT2D eigenvalue weighted by atomic mass is 32.2. The van der Waals surface area contributed by atoms with Gasteiger partial charge >= 0.3 is 0 Å². The summed E-state index contributed by atoms with van der Waals surface area (Å²) in [5.74, 6) is 1.65. The topological polar surface area (TPSA) is 142 Å². The lowest BCUT2D eigenvalue weighted by Gasteiger charge is -2.08. The van der Waals surface area contributed by atoms with Gasteiger partial charge in [-0.05, 0) is 6.92 Å². The Morgan fingerprint density at radius 3 is 2.88 bits per heavy atom. The van der Waals surface area contributed by atoms with Crippen molar-refractivity contribution in [2.24, 2.45) is 4.99 Å². The van der Waals surface area contributed by atoms with Crippen LogP contribution in [0, 0.1) is 29.7 Å². The van der Waals surface area contributed by atoms with Gasteiger partial charge in [0.15, 0.2) is 6.19 Å². The van der Waals surface area contributed by atoms with Crippen LogP contribution in [0.1, 0.15) is 17.8 Å². The number of nitrogens with zero attached hydrogens (tertiary/aromatic N) is 4. The predicted octanol–water partition coefficient (Wildman–Crippen LogP) is -0.00252. The van der Waals surface area contributed by atoms with Gasteiger partial charge in [-0.1, -0.05) is 0 Å². The summed E-state index contributed by atoms with van der Waals surface area (Å²) in [6, 6.07) is 1.77. The van der Waals surface area contributed by atoms with Crippen molar-refractivity contribution in [3.05, 3.63) is 17.7 Å². The summed E-state index contributed by atoms with van der Waals surface area (Å²) in [6.45, 7) is 3.28. The van der Waals surface area contributed by atoms with E-state index >= 15 is 0 Å². The van der Waals surface area contributed by atoms with Gasteiger partial charge in [0, 0.05) is 30.3 Å². The van der Waals surface area contributed by atoms with Crippen LogP contribution in [0.15, 0.2) is 11.3 Å². The van der Waals surface area contributed by atoms with E-state index in [9.17, 15) is 4.79 Å². The van der Waals surface area contributed by atoms with Crippen LogP contribution in [0.3, 0.4) is 0 Å². The number of aryl methyl sites for hydroxylation is 1. The molecule has 24 heavy (non-hydrogen) atoms. The van der Waals surface area contributed by atoms with Crippen molar-refractivity contribution >= 4 is 23.6 Å². The summed E-state index contributed by atoms with van der Waals surface area (Å²) in [4.78, 5) is 22.6. The lowest BCUT2D eigenvalue weighted by atomic mass is 10.4. The fourth-order valence-corrected chi connectivity index (χ4v) is 2.48. The zero-order valence-corrected chi connectivity index (χ0v) is 14.2. The molecule has 0 radical (unpaired) electrons. The predicted molar refractivity (Wildman–Crippen MR) is 91.8 cm³/mol. The quantitative estimate of drug-likeness (QED) is 0.162. The molecule has 128 valence electrons. The van der Waals surface area contributed by atoms with Gasteiger partial charge < -0.3 is 15.6 Å². The summed E-state index contributed by atoms with van der Waals surface area (Å²) < 4.78 is 0. The van der Waals surface area contributed by atoms with E-state index in [0.29, 0.717) is 25.6 Å². The maximum absolute atomic E-state index is 11.1. The zero-order chi connectivity index (χ0) is 17.6. The Morgan fingerprint density at radius 1 is 1.42 bits per heavy atom. The molecule has 1 aromatic rings. The van der Waals surface area contributed by atoms with E-state index in [0.717, 1.165) is 22.9 Å². The highest BCUT2D eigenvalue weighted by Gasteiger charge is 2.02. The molecule has 0 saturated carbocycles. The third-order valence-corrected chi connectivity index (χ3v) is 3.78. The van der Waals surface area contributed by atoms with Crippen LogP contribution in [0.4, 0.5) is 0 Å². The highest BCUT2D eigenvalue weighted by molar-refractivity contribution is 7.98. The first-order chi connectivity index (χ1) is 11.7. The molecule has 1 rings (SSSR count). The van der Waals surface area contributed by atoms with Gasteiger partial charge in [0.05, 0.1) is 24.6 Å². The molecule has 0 atom stereocenters. The molecule has 4 N–H and O–H groups in total. The molecule has 0 aromatic carbocycles. The average molecular weight is 348 g/mol. The van der Waals surface area contributed by atoms with Gasteiger partial charge in [0.25, 0.3) is 0 Å². The lowest BCUT2D eigenvalue weighted by Crippen LogP contribution is -2.40. The monoisotopic (exact) mass is 348 g/mol. The normalized spacial score (nSPS) is 10.5. The van der Waals surface area contributed by atoms with Crippen LogP contribution >= 0.6 is 11.8 Å².